The van der Waals surface area contributed by atoms with Crippen molar-refractivity contribution >= 4 is 23.0 Å². The molecule has 5 nitrogen and oxygen atoms in total. The summed E-state index contributed by atoms with van der Waals surface area (Å²) < 4.78 is 5.23. The van der Waals surface area contributed by atoms with Crippen molar-refractivity contribution in [2.24, 2.45) is 5.10 Å². The van der Waals surface area contributed by atoms with Crippen molar-refractivity contribution in [2.75, 3.05) is 32.8 Å². The number of carbonyl (C=O) groups is 1. The van der Waals surface area contributed by atoms with Gasteiger partial charge in [0, 0.05) is 18.0 Å². The monoisotopic (exact) mass is 267 g/mol. The molecule has 1 aromatic heterocycles. The first-order valence-corrected chi connectivity index (χ1v) is 6.81. The third-order valence-corrected chi connectivity index (χ3v) is 3.68. The van der Waals surface area contributed by atoms with E-state index in [9.17, 15) is 4.79 Å². The molecule has 0 radical (unpaired) electrons. The van der Waals surface area contributed by atoms with E-state index in [1.165, 1.54) is 0 Å². The number of hydrogen-bond acceptors (Lipinski definition) is 5. The highest BCUT2D eigenvalue weighted by Crippen LogP contribution is 2.09. The van der Waals surface area contributed by atoms with Gasteiger partial charge in [0.05, 0.1) is 25.5 Å². The second kappa shape index (κ2) is 6.63. The van der Waals surface area contributed by atoms with Crippen molar-refractivity contribution in [3.63, 3.8) is 0 Å². The number of ether oxygens (including phenoxy) is 1. The summed E-state index contributed by atoms with van der Waals surface area (Å²) >= 11 is 1.61. The molecule has 0 aromatic carbocycles. The minimum absolute atomic E-state index is 0.0761. The maximum absolute atomic E-state index is 11.7. The summed E-state index contributed by atoms with van der Waals surface area (Å²) in [4.78, 5) is 14.8. The molecule has 0 unspecified atom stereocenters. The number of nitrogens with one attached hydrogen (secondary N) is 1. The number of amides is 1. The van der Waals surface area contributed by atoms with Crippen LogP contribution in [0.1, 0.15) is 11.8 Å². The molecule has 1 N–H and O–H groups in total. The molecule has 2 heterocycles. The lowest BCUT2D eigenvalue weighted by Crippen LogP contribution is -2.42. The molecule has 2 rings (SSSR count). The predicted molar refractivity (Wildman–Crippen MR) is 71.9 cm³/mol. The fraction of sp³-hybridized carbons (Fsp3) is 0.500. The highest BCUT2D eigenvalue weighted by molar-refractivity contribution is 7.12. The Balaban J connectivity index is 1.78. The topological polar surface area (TPSA) is 53.9 Å². The van der Waals surface area contributed by atoms with E-state index in [0.717, 1.165) is 23.7 Å². The molecule has 0 bridgehead atoms. The zero-order valence-corrected chi connectivity index (χ0v) is 11.2. The van der Waals surface area contributed by atoms with Gasteiger partial charge in [0.1, 0.15) is 0 Å². The maximum atomic E-state index is 11.7. The van der Waals surface area contributed by atoms with Crippen molar-refractivity contribution in [2.45, 2.75) is 6.92 Å². The Morgan fingerprint density at radius 2 is 2.33 bits per heavy atom. The molecule has 0 aliphatic carbocycles. The number of morpholine rings is 1. The number of rotatable bonds is 4. The average Bonchev–Trinajstić information content (AvgIpc) is 2.91. The molecule has 1 fully saturated rings. The summed E-state index contributed by atoms with van der Waals surface area (Å²) in [5.41, 5.74) is 3.42. The molecule has 1 aliphatic rings. The molecule has 0 spiro atoms. The van der Waals surface area contributed by atoms with Gasteiger partial charge in [-0.15, -0.1) is 11.3 Å². The summed E-state index contributed by atoms with van der Waals surface area (Å²) in [5.74, 6) is -0.0761. The molecule has 1 amide bonds. The van der Waals surface area contributed by atoms with Crippen LogP contribution in [-0.4, -0.2) is 49.4 Å². The van der Waals surface area contributed by atoms with Gasteiger partial charge >= 0.3 is 0 Å². The van der Waals surface area contributed by atoms with Crippen LogP contribution in [0, 0.1) is 0 Å². The number of hydrazone groups is 1. The molecule has 0 saturated carbocycles. The Hall–Kier alpha value is -1.24. The third kappa shape index (κ3) is 3.90. The van der Waals surface area contributed by atoms with Crippen molar-refractivity contribution in [1.29, 1.82) is 0 Å². The van der Waals surface area contributed by atoms with Crippen LogP contribution >= 0.6 is 11.3 Å². The van der Waals surface area contributed by atoms with Crippen molar-refractivity contribution in [1.82, 2.24) is 10.3 Å². The van der Waals surface area contributed by atoms with Gasteiger partial charge in [-0.1, -0.05) is 6.07 Å². The van der Waals surface area contributed by atoms with Crippen LogP contribution in [0.15, 0.2) is 22.6 Å². The molecule has 1 aromatic rings. The van der Waals surface area contributed by atoms with Crippen molar-refractivity contribution < 1.29 is 9.53 Å². The zero-order chi connectivity index (χ0) is 12.8. The van der Waals surface area contributed by atoms with Gasteiger partial charge in [0.25, 0.3) is 5.91 Å². The van der Waals surface area contributed by atoms with Gasteiger partial charge < -0.3 is 4.74 Å². The SMILES string of the molecule is C/C(=N/NC(=O)CN1CCOCC1)c1cccs1. The summed E-state index contributed by atoms with van der Waals surface area (Å²) in [6, 6.07) is 3.95. The predicted octanol–water partition coefficient (Wildman–Crippen LogP) is 0.921. The van der Waals surface area contributed by atoms with Crippen LogP contribution in [0.2, 0.25) is 0 Å². The second-order valence-electron chi connectivity index (χ2n) is 4.10. The number of thiophene rings is 1. The van der Waals surface area contributed by atoms with E-state index >= 15 is 0 Å². The molecule has 1 aliphatic heterocycles. The molecular weight excluding hydrogens is 250 g/mol. The van der Waals surface area contributed by atoms with Gasteiger partial charge in [-0.25, -0.2) is 5.43 Å². The normalized spacial score (nSPS) is 17.7. The average molecular weight is 267 g/mol. The highest BCUT2D eigenvalue weighted by atomic mass is 32.1. The number of nitrogens with zero attached hydrogens (tertiary/aromatic N) is 2. The van der Waals surface area contributed by atoms with E-state index in [0.29, 0.717) is 19.8 Å². The van der Waals surface area contributed by atoms with Gasteiger partial charge in [0.2, 0.25) is 0 Å². The molecular formula is C12H17N3O2S. The van der Waals surface area contributed by atoms with E-state index in [-0.39, 0.29) is 5.91 Å². The van der Waals surface area contributed by atoms with Crippen LogP contribution in [0.25, 0.3) is 0 Å². The van der Waals surface area contributed by atoms with E-state index < -0.39 is 0 Å². The number of hydrogen-bond donors (Lipinski definition) is 1. The van der Waals surface area contributed by atoms with Gasteiger partial charge in [-0.3, -0.25) is 9.69 Å². The first kappa shape index (κ1) is 13.2. The molecule has 98 valence electrons. The first-order chi connectivity index (χ1) is 8.75. The van der Waals surface area contributed by atoms with Crippen LogP contribution < -0.4 is 5.43 Å². The third-order valence-electron chi connectivity index (χ3n) is 2.70. The van der Waals surface area contributed by atoms with Crippen LogP contribution in [-0.2, 0) is 9.53 Å². The lowest BCUT2D eigenvalue weighted by Gasteiger charge is -2.25. The Morgan fingerprint density at radius 3 is 3.00 bits per heavy atom. The van der Waals surface area contributed by atoms with Gasteiger partial charge in [-0.2, -0.15) is 5.10 Å². The minimum Gasteiger partial charge on any atom is -0.379 e. The molecule has 0 atom stereocenters. The standard InChI is InChI=1S/C12H17N3O2S/c1-10(11-3-2-8-18-11)13-14-12(16)9-15-4-6-17-7-5-15/h2-3,8H,4-7,9H2,1H3,(H,14,16)/b13-10-. The number of carbonyl (C=O) groups excluding carboxylic acids is 1. The van der Waals surface area contributed by atoms with E-state index in [2.05, 4.69) is 15.4 Å². The smallest absolute Gasteiger partial charge is 0.254 e. The lowest BCUT2D eigenvalue weighted by molar-refractivity contribution is -0.123. The summed E-state index contributed by atoms with van der Waals surface area (Å²) in [7, 11) is 0. The van der Waals surface area contributed by atoms with Crippen molar-refractivity contribution in [3.8, 4) is 0 Å². The summed E-state index contributed by atoms with van der Waals surface area (Å²) in [6.45, 7) is 5.28. The van der Waals surface area contributed by atoms with E-state index in [1.807, 2.05) is 24.4 Å². The van der Waals surface area contributed by atoms with Gasteiger partial charge in [0.15, 0.2) is 0 Å². The Labute approximate surface area is 110 Å². The van der Waals surface area contributed by atoms with Crippen LogP contribution in [0.4, 0.5) is 0 Å². The first-order valence-electron chi connectivity index (χ1n) is 5.93. The molecule has 18 heavy (non-hydrogen) atoms. The fourth-order valence-electron chi connectivity index (χ4n) is 1.68. The Bertz CT molecular complexity index is 411. The van der Waals surface area contributed by atoms with Crippen LogP contribution in [0.3, 0.4) is 0 Å². The summed E-state index contributed by atoms with van der Waals surface area (Å²) in [6.07, 6.45) is 0. The summed E-state index contributed by atoms with van der Waals surface area (Å²) in [5, 5.41) is 6.09. The minimum atomic E-state index is -0.0761. The maximum Gasteiger partial charge on any atom is 0.254 e. The zero-order valence-electron chi connectivity index (χ0n) is 10.4. The highest BCUT2D eigenvalue weighted by Gasteiger charge is 2.13. The molecule has 1 saturated heterocycles. The van der Waals surface area contributed by atoms with E-state index in [4.69, 9.17) is 4.74 Å². The quantitative estimate of drug-likeness (QED) is 0.652. The molecule has 6 heteroatoms. The Kier molecular flexibility index (Phi) is 4.86. The van der Waals surface area contributed by atoms with Gasteiger partial charge in [-0.05, 0) is 18.4 Å². The van der Waals surface area contributed by atoms with Crippen molar-refractivity contribution in [3.05, 3.63) is 22.4 Å². The second-order valence-corrected chi connectivity index (χ2v) is 5.05. The van der Waals surface area contributed by atoms with E-state index in [1.54, 1.807) is 11.3 Å². The largest absolute Gasteiger partial charge is 0.379 e. The Morgan fingerprint density at radius 1 is 1.56 bits per heavy atom. The van der Waals surface area contributed by atoms with Crippen LogP contribution in [0.5, 0.6) is 0 Å². The lowest BCUT2D eigenvalue weighted by atomic mass is 10.3. The fourth-order valence-corrected chi connectivity index (χ4v) is 2.36.